The molecule has 110 valence electrons. The third kappa shape index (κ3) is 3.72. The fourth-order valence-corrected chi connectivity index (χ4v) is 1.51. The van der Waals surface area contributed by atoms with Crippen molar-refractivity contribution in [2.24, 2.45) is 0 Å². The summed E-state index contributed by atoms with van der Waals surface area (Å²) in [6, 6.07) is 2.08. The first-order valence-electron chi connectivity index (χ1n) is 6.11. The predicted octanol–water partition coefficient (Wildman–Crippen LogP) is -1.33. The van der Waals surface area contributed by atoms with E-state index in [0.717, 1.165) is 4.68 Å². The van der Waals surface area contributed by atoms with Gasteiger partial charge in [-0.05, 0) is 13.0 Å². The van der Waals surface area contributed by atoms with Crippen LogP contribution in [0.1, 0.15) is 6.92 Å². The zero-order valence-corrected chi connectivity index (χ0v) is 11.2. The Morgan fingerprint density at radius 1 is 1.33 bits per heavy atom. The topological polar surface area (TPSA) is 124 Å². The molecule has 0 aliphatic heterocycles. The number of hydrogen-bond acceptors (Lipinski definition) is 6. The van der Waals surface area contributed by atoms with Crippen molar-refractivity contribution in [2.75, 3.05) is 6.54 Å². The Hall–Kier alpha value is -3.04. The molecule has 2 aromatic rings. The van der Waals surface area contributed by atoms with E-state index in [1.807, 2.05) is 0 Å². The van der Waals surface area contributed by atoms with E-state index in [1.54, 1.807) is 6.92 Å². The van der Waals surface area contributed by atoms with Crippen LogP contribution in [-0.4, -0.2) is 43.0 Å². The number of rotatable bonds is 4. The maximum Gasteiger partial charge on any atom is 0.321 e. The lowest BCUT2D eigenvalue weighted by Gasteiger charge is -2.07. The SMILES string of the molecule is CCNC(=O)NC(=O)Cn1nc(-n2cncn2)ccc1=O. The summed E-state index contributed by atoms with van der Waals surface area (Å²) in [5, 5.41) is 12.3. The van der Waals surface area contributed by atoms with Gasteiger partial charge in [-0.2, -0.15) is 5.10 Å². The molecule has 2 heterocycles. The molecule has 0 atom stereocenters. The van der Waals surface area contributed by atoms with E-state index in [9.17, 15) is 14.4 Å². The molecule has 2 rings (SSSR count). The van der Waals surface area contributed by atoms with Gasteiger partial charge in [0.1, 0.15) is 19.2 Å². The summed E-state index contributed by atoms with van der Waals surface area (Å²) >= 11 is 0. The molecule has 0 fully saturated rings. The maximum absolute atomic E-state index is 11.7. The van der Waals surface area contributed by atoms with Crippen molar-refractivity contribution in [2.45, 2.75) is 13.5 Å². The summed E-state index contributed by atoms with van der Waals surface area (Å²) in [7, 11) is 0. The second kappa shape index (κ2) is 6.41. The van der Waals surface area contributed by atoms with E-state index in [-0.39, 0.29) is 6.54 Å². The van der Waals surface area contributed by atoms with Gasteiger partial charge in [-0.3, -0.25) is 14.9 Å². The van der Waals surface area contributed by atoms with E-state index < -0.39 is 17.5 Å². The van der Waals surface area contributed by atoms with E-state index in [4.69, 9.17) is 0 Å². The number of carbonyl (C=O) groups is 2. The summed E-state index contributed by atoms with van der Waals surface area (Å²) in [6.07, 6.45) is 2.73. The average Bonchev–Trinajstić information content (AvgIpc) is 2.95. The van der Waals surface area contributed by atoms with Crippen molar-refractivity contribution in [3.05, 3.63) is 35.1 Å². The molecule has 0 unspecified atom stereocenters. The molecule has 2 N–H and O–H groups in total. The molecule has 0 aliphatic rings. The first-order chi connectivity index (χ1) is 10.1. The lowest BCUT2D eigenvalue weighted by molar-refractivity contribution is -0.120. The van der Waals surface area contributed by atoms with E-state index >= 15 is 0 Å². The van der Waals surface area contributed by atoms with Crippen LogP contribution < -0.4 is 16.2 Å². The number of nitrogens with one attached hydrogen (secondary N) is 2. The Morgan fingerprint density at radius 2 is 2.14 bits per heavy atom. The lowest BCUT2D eigenvalue weighted by Crippen LogP contribution is -2.42. The van der Waals surface area contributed by atoms with Crippen molar-refractivity contribution in [1.82, 2.24) is 35.2 Å². The zero-order chi connectivity index (χ0) is 15.2. The monoisotopic (exact) mass is 291 g/mol. The summed E-state index contributed by atoms with van der Waals surface area (Å²) in [6.45, 7) is 1.73. The number of nitrogens with zero attached hydrogens (tertiary/aromatic N) is 5. The van der Waals surface area contributed by atoms with E-state index in [0.29, 0.717) is 12.4 Å². The number of urea groups is 1. The number of hydrogen-bond donors (Lipinski definition) is 2. The summed E-state index contributed by atoms with van der Waals surface area (Å²) in [5.74, 6) is -0.316. The molecule has 0 aromatic carbocycles. The van der Waals surface area contributed by atoms with Gasteiger partial charge in [-0.1, -0.05) is 0 Å². The lowest BCUT2D eigenvalue weighted by atomic mass is 10.5. The predicted molar refractivity (Wildman–Crippen MR) is 70.6 cm³/mol. The maximum atomic E-state index is 11.7. The molecule has 3 amide bonds. The smallest absolute Gasteiger partial charge is 0.321 e. The third-order valence-corrected chi connectivity index (χ3v) is 2.39. The highest BCUT2D eigenvalue weighted by molar-refractivity contribution is 5.94. The standard InChI is InChI=1S/C11H13N7O3/c1-2-13-11(21)15-9(19)5-17-10(20)4-3-8(16-17)18-7-12-6-14-18/h3-4,6-7H,2,5H2,1H3,(H2,13,15,19,21). The Kier molecular flexibility index (Phi) is 4.39. The molecule has 0 spiro atoms. The summed E-state index contributed by atoms with van der Waals surface area (Å²) < 4.78 is 2.28. The molecule has 0 aliphatic carbocycles. The van der Waals surface area contributed by atoms with Gasteiger partial charge in [0.25, 0.3) is 5.56 Å². The number of aromatic nitrogens is 5. The minimum Gasteiger partial charge on any atom is -0.338 e. The highest BCUT2D eigenvalue weighted by Gasteiger charge is 2.10. The van der Waals surface area contributed by atoms with E-state index in [1.165, 1.54) is 29.5 Å². The van der Waals surface area contributed by atoms with Gasteiger partial charge < -0.3 is 5.32 Å². The molecule has 2 aromatic heterocycles. The van der Waals surface area contributed by atoms with Gasteiger partial charge in [0, 0.05) is 12.6 Å². The second-order valence-corrected chi connectivity index (χ2v) is 3.94. The van der Waals surface area contributed by atoms with Gasteiger partial charge in [0.05, 0.1) is 0 Å². The van der Waals surface area contributed by atoms with Crippen molar-refractivity contribution in [1.29, 1.82) is 0 Å². The quantitative estimate of drug-likeness (QED) is 0.719. The van der Waals surface area contributed by atoms with Gasteiger partial charge in [-0.15, -0.1) is 5.10 Å². The van der Waals surface area contributed by atoms with Gasteiger partial charge in [0.2, 0.25) is 5.91 Å². The van der Waals surface area contributed by atoms with Crippen LogP contribution in [0.4, 0.5) is 4.79 Å². The largest absolute Gasteiger partial charge is 0.338 e. The highest BCUT2D eigenvalue weighted by Crippen LogP contribution is 1.96. The second-order valence-electron chi connectivity index (χ2n) is 3.94. The van der Waals surface area contributed by atoms with Gasteiger partial charge in [0.15, 0.2) is 5.82 Å². The van der Waals surface area contributed by atoms with Crippen LogP contribution >= 0.6 is 0 Å². The van der Waals surface area contributed by atoms with Crippen LogP contribution in [0.5, 0.6) is 0 Å². The molecule has 10 heteroatoms. The molecular formula is C11H13N7O3. The number of carbonyl (C=O) groups excluding carboxylic acids is 2. The molecule has 0 saturated carbocycles. The van der Waals surface area contributed by atoms with Crippen molar-refractivity contribution >= 4 is 11.9 Å². The molecule has 21 heavy (non-hydrogen) atoms. The summed E-state index contributed by atoms with van der Waals surface area (Å²) in [5.41, 5.74) is -0.468. The van der Waals surface area contributed by atoms with Gasteiger partial charge in [-0.25, -0.2) is 19.1 Å². The Labute approximate surface area is 118 Å². The van der Waals surface area contributed by atoms with Crippen LogP contribution in [0, 0.1) is 0 Å². The first-order valence-corrected chi connectivity index (χ1v) is 6.11. The van der Waals surface area contributed by atoms with Crippen LogP contribution in [0.2, 0.25) is 0 Å². The normalized spacial score (nSPS) is 10.1. The molecule has 10 nitrogen and oxygen atoms in total. The highest BCUT2D eigenvalue weighted by atomic mass is 16.2. The summed E-state index contributed by atoms with van der Waals surface area (Å²) in [4.78, 5) is 38.3. The molecule has 0 saturated heterocycles. The van der Waals surface area contributed by atoms with Crippen LogP contribution in [0.25, 0.3) is 5.82 Å². The fraction of sp³-hybridized carbons (Fsp3) is 0.273. The Morgan fingerprint density at radius 3 is 2.81 bits per heavy atom. The van der Waals surface area contributed by atoms with Crippen molar-refractivity contribution < 1.29 is 9.59 Å². The Balaban J connectivity index is 2.13. The number of amides is 3. The first kappa shape index (κ1) is 14.4. The number of imide groups is 1. The van der Waals surface area contributed by atoms with Crippen LogP contribution in [-0.2, 0) is 11.3 Å². The molecular weight excluding hydrogens is 278 g/mol. The molecule has 0 radical (unpaired) electrons. The third-order valence-electron chi connectivity index (χ3n) is 2.39. The van der Waals surface area contributed by atoms with Crippen LogP contribution in [0.15, 0.2) is 29.6 Å². The van der Waals surface area contributed by atoms with Crippen molar-refractivity contribution in [3.63, 3.8) is 0 Å². The fourth-order valence-electron chi connectivity index (χ4n) is 1.51. The van der Waals surface area contributed by atoms with Crippen LogP contribution in [0.3, 0.4) is 0 Å². The molecule has 0 bridgehead atoms. The Bertz CT molecular complexity index is 692. The van der Waals surface area contributed by atoms with Crippen molar-refractivity contribution in [3.8, 4) is 5.82 Å². The van der Waals surface area contributed by atoms with Gasteiger partial charge >= 0.3 is 6.03 Å². The minimum absolute atomic E-state index is 0.331. The minimum atomic E-state index is -0.647. The zero-order valence-electron chi connectivity index (χ0n) is 11.2. The average molecular weight is 291 g/mol. The van der Waals surface area contributed by atoms with E-state index in [2.05, 4.69) is 25.8 Å².